The highest BCUT2D eigenvalue weighted by Crippen LogP contribution is 2.37. The van der Waals surface area contributed by atoms with Crippen LogP contribution < -0.4 is 15.8 Å². The Morgan fingerprint density at radius 3 is 2.96 bits per heavy atom. The highest BCUT2D eigenvalue weighted by Gasteiger charge is 2.33. The first-order valence-electron chi connectivity index (χ1n) is 8.82. The van der Waals surface area contributed by atoms with Gasteiger partial charge in [0.1, 0.15) is 5.75 Å². The van der Waals surface area contributed by atoms with Crippen LogP contribution in [0, 0.1) is 19.8 Å². The maximum Gasteiger partial charge on any atom is 0.193 e. The van der Waals surface area contributed by atoms with Crippen LogP contribution in [0.3, 0.4) is 0 Å². The number of hydrogen-bond donors (Lipinski definition) is 2. The number of rotatable bonds is 5. The number of anilines is 1. The van der Waals surface area contributed by atoms with Gasteiger partial charge in [0.05, 0.1) is 18.9 Å². The smallest absolute Gasteiger partial charge is 0.193 e. The van der Waals surface area contributed by atoms with Crippen LogP contribution in [0.25, 0.3) is 0 Å². The van der Waals surface area contributed by atoms with Crippen LogP contribution in [0.5, 0.6) is 5.75 Å². The molecule has 1 aliphatic rings. The highest BCUT2D eigenvalue weighted by molar-refractivity contribution is 5.92. The molecular weight excluding hydrogens is 330 g/mol. The molecule has 26 heavy (non-hydrogen) atoms. The van der Waals surface area contributed by atoms with Crippen LogP contribution in [-0.4, -0.2) is 36.0 Å². The summed E-state index contributed by atoms with van der Waals surface area (Å²) >= 11 is 0. The first-order chi connectivity index (χ1) is 12.5. The van der Waals surface area contributed by atoms with E-state index in [4.69, 9.17) is 15.2 Å². The van der Waals surface area contributed by atoms with Crippen molar-refractivity contribution in [2.75, 3.05) is 25.6 Å². The van der Waals surface area contributed by atoms with E-state index in [1.807, 2.05) is 42.9 Å². The quantitative estimate of drug-likeness (QED) is 0.634. The molecule has 0 spiro atoms. The molecule has 1 aromatic heterocycles. The van der Waals surface area contributed by atoms with Gasteiger partial charge < -0.3 is 20.5 Å². The van der Waals surface area contributed by atoms with Crippen molar-refractivity contribution >= 4 is 11.6 Å². The summed E-state index contributed by atoms with van der Waals surface area (Å²) in [5.41, 5.74) is 10.3. The number of nitrogens with two attached hydrogens (primary N) is 1. The molecule has 7 heteroatoms. The van der Waals surface area contributed by atoms with Crippen molar-refractivity contribution in [3.05, 3.63) is 41.2 Å². The number of aliphatic imine (C=N–C) groups is 1. The lowest BCUT2D eigenvalue weighted by molar-refractivity contribution is 0.0915. The second kappa shape index (κ2) is 7.78. The molecule has 1 fully saturated rings. The molecule has 1 aliphatic heterocycles. The highest BCUT2D eigenvalue weighted by atomic mass is 16.5. The van der Waals surface area contributed by atoms with E-state index in [0.29, 0.717) is 18.4 Å². The van der Waals surface area contributed by atoms with Crippen molar-refractivity contribution in [3.8, 4) is 5.75 Å². The standard InChI is InChI=1S/C19H27N5O2/c1-12-17(13(2)24(3)23-12)18-14(8-9-26-18)11-21-19(20)22-15-6-5-7-16(10-15)25-4/h5-7,10,14,18H,8-9,11H2,1-4H3,(H3,20,21,22)/t14-,18+/m0/s1. The van der Waals surface area contributed by atoms with Crippen LogP contribution in [0.4, 0.5) is 5.69 Å². The van der Waals surface area contributed by atoms with Crippen LogP contribution in [0.1, 0.15) is 29.5 Å². The molecule has 7 nitrogen and oxygen atoms in total. The topological polar surface area (TPSA) is 86.7 Å². The number of ether oxygens (including phenoxy) is 2. The van der Waals surface area contributed by atoms with Crippen molar-refractivity contribution in [2.24, 2.45) is 23.7 Å². The molecule has 3 rings (SSSR count). The van der Waals surface area contributed by atoms with Gasteiger partial charge in [0.2, 0.25) is 0 Å². The van der Waals surface area contributed by atoms with Crippen LogP contribution in [-0.2, 0) is 11.8 Å². The Morgan fingerprint density at radius 1 is 1.46 bits per heavy atom. The molecule has 0 bridgehead atoms. The zero-order chi connectivity index (χ0) is 18.7. The molecule has 2 heterocycles. The molecule has 1 aromatic carbocycles. The molecule has 2 atom stereocenters. The fourth-order valence-corrected chi connectivity index (χ4v) is 3.45. The summed E-state index contributed by atoms with van der Waals surface area (Å²) in [6.45, 7) is 5.46. The van der Waals surface area contributed by atoms with Gasteiger partial charge in [-0.05, 0) is 32.4 Å². The molecule has 0 aliphatic carbocycles. The summed E-state index contributed by atoms with van der Waals surface area (Å²) in [5.74, 6) is 1.46. The fourth-order valence-electron chi connectivity index (χ4n) is 3.45. The van der Waals surface area contributed by atoms with Crippen molar-refractivity contribution in [1.82, 2.24) is 9.78 Å². The Morgan fingerprint density at radius 2 is 2.27 bits per heavy atom. The lowest BCUT2D eigenvalue weighted by Gasteiger charge is -2.18. The zero-order valence-electron chi connectivity index (χ0n) is 15.8. The number of aromatic nitrogens is 2. The third-order valence-corrected chi connectivity index (χ3v) is 4.90. The van der Waals surface area contributed by atoms with Gasteiger partial charge in [-0.3, -0.25) is 9.67 Å². The van der Waals surface area contributed by atoms with E-state index in [0.717, 1.165) is 35.9 Å². The van der Waals surface area contributed by atoms with Crippen molar-refractivity contribution < 1.29 is 9.47 Å². The molecule has 0 unspecified atom stereocenters. The van der Waals surface area contributed by atoms with Gasteiger partial charge in [-0.1, -0.05) is 6.07 Å². The van der Waals surface area contributed by atoms with Crippen LogP contribution in [0.2, 0.25) is 0 Å². The summed E-state index contributed by atoms with van der Waals surface area (Å²) in [6, 6.07) is 7.60. The van der Waals surface area contributed by atoms with Gasteiger partial charge in [-0.25, -0.2) is 0 Å². The summed E-state index contributed by atoms with van der Waals surface area (Å²) < 4.78 is 13.1. The van der Waals surface area contributed by atoms with E-state index in [-0.39, 0.29) is 6.10 Å². The first-order valence-corrected chi connectivity index (χ1v) is 8.82. The van der Waals surface area contributed by atoms with E-state index in [1.165, 1.54) is 5.56 Å². The van der Waals surface area contributed by atoms with E-state index in [1.54, 1.807) is 7.11 Å². The van der Waals surface area contributed by atoms with Crippen molar-refractivity contribution in [2.45, 2.75) is 26.4 Å². The first kappa shape index (κ1) is 18.3. The molecule has 0 amide bonds. The van der Waals surface area contributed by atoms with Gasteiger partial charge in [-0.15, -0.1) is 0 Å². The lowest BCUT2D eigenvalue weighted by atomic mass is 9.94. The Labute approximate surface area is 154 Å². The minimum atomic E-state index is 0.0251. The van der Waals surface area contributed by atoms with Crippen LogP contribution in [0.15, 0.2) is 29.3 Å². The molecule has 0 saturated carbocycles. The molecule has 3 N–H and O–H groups in total. The maximum absolute atomic E-state index is 6.06. The van der Waals surface area contributed by atoms with Gasteiger partial charge in [0, 0.05) is 49.1 Å². The predicted octanol–water partition coefficient (Wildman–Crippen LogP) is 2.55. The summed E-state index contributed by atoms with van der Waals surface area (Å²) in [4.78, 5) is 4.53. The minimum Gasteiger partial charge on any atom is -0.497 e. The average molecular weight is 357 g/mol. The number of hydrogen-bond acceptors (Lipinski definition) is 4. The lowest BCUT2D eigenvalue weighted by Crippen LogP contribution is -2.24. The molecular formula is C19H27N5O2. The Hall–Kier alpha value is -2.54. The number of methoxy groups -OCH3 is 1. The second-order valence-electron chi connectivity index (χ2n) is 6.63. The number of nitrogens with zero attached hydrogens (tertiary/aromatic N) is 3. The van der Waals surface area contributed by atoms with Crippen molar-refractivity contribution in [1.29, 1.82) is 0 Å². The SMILES string of the molecule is COc1cccc(NC(N)=NC[C@@H]2CCO[C@H]2c2c(C)nn(C)c2C)c1. The molecule has 2 aromatic rings. The van der Waals surface area contributed by atoms with Crippen molar-refractivity contribution in [3.63, 3.8) is 0 Å². The van der Waals surface area contributed by atoms with E-state index < -0.39 is 0 Å². The summed E-state index contributed by atoms with van der Waals surface area (Å²) in [5, 5.41) is 7.62. The molecule has 1 saturated heterocycles. The van der Waals surface area contributed by atoms with E-state index in [2.05, 4.69) is 22.3 Å². The third kappa shape index (κ3) is 3.83. The normalized spacial score (nSPS) is 20.4. The summed E-state index contributed by atoms with van der Waals surface area (Å²) in [7, 11) is 3.60. The van der Waals surface area contributed by atoms with Gasteiger partial charge in [0.25, 0.3) is 0 Å². The number of nitrogens with one attached hydrogen (secondary N) is 1. The molecule has 0 radical (unpaired) electrons. The van der Waals surface area contributed by atoms with Gasteiger partial charge in [0.15, 0.2) is 5.96 Å². The number of guanidine groups is 1. The Kier molecular flexibility index (Phi) is 5.46. The average Bonchev–Trinajstić information content (AvgIpc) is 3.17. The number of aryl methyl sites for hydroxylation is 2. The fraction of sp³-hybridized carbons (Fsp3) is 0.474. The summed E-state index contributed by atoms with van der Waals surface area (Å²) in [6.07, 6.45) is 0.992. The maximum atomic E-state index is 6.06. The Balaban J connectivity index is 1.68. The third-order valence-electron chi connectivity index (χ3n) is 4.90. The number of benzene rings is 1. The largest absolute Gasteiger partial charge is 0.497 e. The Bertz CT molecular complexity index is 799. The van der Waals surface area contributed by atoms with E-state index in [9.17, 15) is 0 Å². The van der Waals surface area contributed by atoms with E-state index >= 15 is 0 Å². The second-order valence-corrected chi connectivity index (χ2v) is 6.63. The monoisotopic (exact) mass is 357 g/mol. The predicted molar refractivity (Wildman–Crippen MR) is 103 cm³/mol. The zero-order valence-corrected chi connectivity index (χ0v) is 15.8. The molecule has 140 valence electrons. The van der Waals surface area contributed by atoms with Gasteiger partial charge in [-0.2, -0.15) is 5.10 Å². The van der Waals surface area contributed by atoms with Gasteiger partial charge >= 0.3 is 0 Å². The minimum absolute atomic E-state index is 0.0251. The van der Waals surface area contributed by atoms with Crippen LogP contribution >= 0.6 is 0 Å².